The van der Waals surface area contributed by atoms with Gasteiger partial charge in [0.05, 0.1) is 0 Å². The van der Waals surface area contributed by atoms with Gasteiger partial charge >= 0.3 is 0 Å². The molecule has 0 unspecified atom stereocenters. The molecule has 0 bridgehead atoms. The van der Waals surface area contributed by atoms with Crippen LogP contribution in [-0.4, -0.2) is 31.9 Å². The maximum Gasteiger partial charge on any atom is 0.208 e. The summed E-state index contributed by atoms with van der Waals surface area (Å²) in [6, 6.07) is 0. The van der Waals surface area contributed by atoms with Crippen molar-refractivity contribution in [3.63, 3.8) is 0 Å². The first-order valence-corrected chi connectivity index (χ1v) is 3.30. The fraction of sp³-hybridized carbons (Fsp3) is 0.800. The third-order valence-electron chi connectivity index (χ3n) is 0.957. The van der Waals surface area contributed by atoms with Gasteiger partial charge < -0.3 is 10.6 Å². The smallest absolute Gasteiger partial charge is 0.208 e. The van der Waals surface area contributed by atoms with E-state index in [1.807, 2.05) is 0 Å². The molecule has 0 saturated carbocycles. The van der Waals surface area contributed by atoms with Gasteiger partial charge in [0.15, 0.2) is 0 Å². The van der Waals surface area contributed by atoms with E-state index >= 15 is 0 Å². The lowest BCUT2D eigenvalue weighted by atomic mass is 10.4. The van der Waals surface area contributed by atoms with Gasteiger partial charge in [0.25, 0.3) is 0 Å². The normalized spacial score (nSPS) is 17.4. The summed E-state index contributed by atoms with van der Waals surface area (Å²) in [4.78, 5) is 8.57. The number of hydrogen-bond donors (Lipinski definition) is 2. The number of carbonyl (C=O) groups excluding carboxylic acids is 1. The van der Waals surface area contributed by atoms with Crippen LogP contribution in [0.3, 0.4) is 0 Å². The fourth-order valence-electron chi connectivity index (χ4n) is 0.604. The van der Waals surface area contributed by atoms with E-state index in [0.717, 1.165) is 26.2 Å². The quantitative estimate of drug-likeness (QED) is 0.365. The van der Waals surface area contributed by atoms with Crippen molar-refractivity contribution in [1.29, 1.82) is 0 Å². The predicted molar refractivity (Wildman–Crippen MR) is 38.3 cm³/mol. The fourth-order valence-corrected chi connectivity index (χ4v) is 0.604. The Labute approximate surface area is 59.8 Å². The molecule has 1 heterocycles. The van der Waals surface area contributed by atoms with Crippen molar-refractivity contribution in [3.05, 3.63) is 0 Å². The van der Waals surface area contributed by atoms with E-state index in [9.17, 15) is 0 Å². The summed E-state index contributed by atoms with van der Waals surface area (Å²) in [7, 11) is 0. The first-order valence-electron chi connectivity index (χ1n) is 2.87. The summed E-state index contributed by atoms with van der Waals surface area (Å²) in [5.74, 6) is 0.222. The molecule has 1 saturated heterocycles. The van der Waals surface area contributed by atoms with E-state index in [0.29, 0.717) is 0 Å². The van der Waals surface area contributed by atoms with Crippen molar-refractivity contribution in [2.75, 3.05) is 26.2 Å². The average Bonchev–Trinajstić information content (AvgIpc) is 1.93. The van der Waals surface area contributed by atoms with Crippen molar-refractivity contribution < 1.29 is 4.79 Å². The van der Waals surface area contributed by atoms with E-state index in [-0.39, 0.29) is 5.75 Å². The Morgan fingerprint density at radius 3 is 1.44 bits per heavy atom. The first-order chi connectivity index (χ1) is 4.41. The minimum absolute atomic E-state index is 0.222. The molecule has 1 aliphatic rings. The Morgan fingerprint density at radius 1 is 1.11 bits per heavy atom. The predicted octanol–water partition coefficient (Wildman–Crippen LogP) is -0.405. The van der Waals surface area contributed by atoms with E-state index in [4.69, 9.17) is 4.79 Å². The van der Waals surface area contributed by atoms with Gasteiger partial charge in [-0.3, -0.25) is 4.79 Å². The molecule has 3 nitrogen and oxygen atoms in total. The number of carbonyl (C=O) groups is 1. The minimum atomic E-state index is 0.222. The van der Waals surface area contributed by atoms with Crippen molar-refractivity contribution in [3.8, 4) is 0 Å². The molecule has 0 aliphatic carbocycles. The van der Waals surface area contributed by atoms with Crippen LogP contribution in [0.1, 0.15) is 0 Å². The molecular weight excluding hydrogens is 140 g/mol. The standard InChI is InChI=1S/C4H10N2.CHClO/c1-2-6-4-3-5-1;2-1-3/h5-6H,1-4H2;1H. The van der Waals surface area contributed by atoms with Gasteiger partial charge in [-0.05, 0) is 11.6 Å². The molecule has 2 N–H and O–H groups in total. The van der Waals surface area contributed by atoms with Crippen LogP contribution in [0.2, 0.25) is 0 Å². The van der Waals surface area contributed by atoms with Crippen molar-refractivity contribution in [1.82, 2.24) is 10.6 Å². The Balaban J connectivity index is 0.000000187. The third kappa shape index (κ3) is 7.88. The molecule has 0 aromatic rings. The number of hydrogen-bond acceptors (Lipinski definition) is 3. The molecule has 0 radical (unpaired) electrons. The molecule has 0 spiro atoms. The summed E-state index contributed by atoms with van der Waals surface area (Å²) < 4.78 is 0. The van der Waals surface area contributed by atoms with Crippen molar-refractivity contribution >= 4 is 17.3 Å². The molecule has 54 valence electrons. The third-order valence-corrected chi connectivity index (χ3v) is 0.957. The minimum Gasteiger partial charge on any atom is -0.314 e. The maximum absolute atomic E-state index is 8.57. The summed E-state index contributed by atoms with van der Waals surface area (Å²) in [5.41, 5.74) is 0. The second kappa shape index (κ2) is 7.88. The zero-order valence-electron chi connectivity index (χ0n) is 5.19. The Kier molecular flexibility index (Phi) is 7.77. The topological polar surface area (TPSA) is 41.1 Å². The molecule has 4 heteroatoms. The molecule has 1 aliphatic heterocycles. The Bertz CT molecular complexity index is 54.5. The Hall–Kier alpha value is -0.120. The van der Waals surface area contributed by atoms with Gasteiger partial charge in [0.1, 0.15) is 0 Å². The number of nitrogens with one attached hydrogen (secondary N) is 2. The summed E-state index contributed by atoms with van der Waals surface area (Å²) >= 11 is 4.32. The van der Waals surface area contributed by atoms with Gasteiger partial charge in [0.2, 0.25) is 5.75 Å². The largest absolute Gasteiger partial charge is 0.314 e. The second-order valence-corrected chi connectivity index (χ2v) is 1.77. The highest BCUT2D eigenvalue weighted by molar-refractivity contribution is 6.54. The van der Waals surface area contributed by atoms with Crippen LogP contribution >= 0.6 is 11.6 Å². The van der Waals surface area contributed by atoms with Gasteiger partial charge in [0, 0.05) is 26.2 Å². The number of piperazine rings is 1. The molecule has 0 aromatic carbocycles. The lowest BCUT2D eigenvalue weighted by Gasteiger charge is -2.11. The van der Waals surface area contributed by atoms with Crippen LogP contribution in [-0.2, 0) is 4.79 Å². The van der Waals surface area contributed by atoms with Crippen LogP contribution in [0.25, 0.3) is 0 Å². The maximum atomic E-state index is 8.57. The zero-order valence-corrected chi connectivity index (χ0v) is 5.95. The second-order valence-electron chi connectivity index (χ2n) is 1.59. The van der Waals surface area contributed by atoms with Crippen LogP contribution < -0.4 is 10.6 Å². The average molecular weight is 151 g/mol. The van der Waals surface area contributed by atoms with E-state index in [1.165, 1.54) is 0 Å². The van der Waals surface area contributed by atoms with Crippen LogP contribution in [0.4, 0.5) is 0 Å². The highest BCUT2D eigenvalue weighted by Crippen LogP contribution is 1.65. The molecule has 1 rings (SSSR count). The summed E-state index contributed by atoms with van der Waals surface area (Å²) in [6.45, 7) is 4.56. The zero-order chi connectivity index (χ0) is 6.95. The van der Waals surface area contributed by atoms with Crippen LogP contribution in [0.5, 0.6) is 0 Å². The molecule has 0 atom stereocenters. The first kappa shape index (κ1) is 8.88. The van der Waals surface area contributed by atoms with E-state index in [1.54, 1.807) is 0 Å². The van der Waals surface area contributed by atoms with E-state index in [2.05, 4.69) is 22.2 Å². The Morgan fingerprint density at radius 2 is 1.33 bits per heavy atom. The molecule has 1 fully saturated rings. The highest BCUT2D eigenvalue weighted by Gasteiger charge is 1.91. The molecule has 0 amide bonds. The van der Waals surface area contributed by atoms with Crippen LogP contribution in [0.15, 0.2) is 0 Å². The highest BCUT2D eigenvalue weighted by atomic mass is 35.5. The molecule has 9 heavy (non-hydrogen) atoms. The lowest BCUT2D eigenvalue weighted by molar-refractivity contribution is 0.534. The molecule has 0 aromatic heterocycles. The summed E-state index contributed by atoms with van der Waals surface area (Å²) in [6.07, 6.45) is 0. The monoisotopic (exact) mass is 150 g/mol. The van der Waals surface area contributed by atoms with Crippen LogP contribution in [0, 0.1) is 0 Å². The number of halogens is 1. The van der Waals surface area contributed by atoms with E-state index < -0.39 is 0 Å². The SMILES string of the molecule is C1CNCCN1.O=CCl. The van der Waals surface area contributed by atoms with Gasteiger partial charge in [-0.1, -0.05) is 0 Å². The van der Waals surface area contributed by atoms with Gasteiger partial charge in [-0.25, -0.2) is 0 Å². The van der Waals surface area contributed by atoms with Crippen molar-refractivity contribution in [2.24, 2.45) is 0 Å². The molecular formula is C5H11ClN2O. The van der Waals surface area contributed by atoms with Gasteiger partial charge in [-0.2, -0.15) is 0 Å². The summed E-state index contributed by atoms with van der Waals surface area (Å²) in [5, 5.41) is 6.44. The number of rotatable bonds is 0. The van der Waals surface area contributed by atoms with Gasteiger partial charge in [-0.15, -0.1) is 0 Å². The lowest BCUT2D eigenvalue weighted by Crippen LogP contribution is -2.39. The van der Waals surface area contributed by atoms with Crippen molar-refractivity contribution in [2.45, 2.75) is 0 Å².